The highest BCUT2D eigenvalue weighted by Gasteiger charge is 2.42. The van der Waals surface area contributed by atoms with Crippen LogP contribution in [0.25, 0.3) is 0 Å². The summed E-state index contributed by atoms with van der Waals surface area (Å²) in [7, 11) is 0. The fraction of sp³-hybridized carbons (Fsp3) is 0.529. The van der Waals surface area contributed by atoms with E-state index >= 15 is 0 Å². The van der Waals surface area contributed by atoms with Crippen molar-refractivity contribution in [3.63, 3.8) is 0 Å². The molecule has 2 aromatic carbocycles. The van der Waals surface area contributed by atoms with Gasteiger partial charge >= 0.3 is 11.9 Å². The third kappa shape index (κ3) is 9.88. The lowest BCUT2D eigenvalue weighted by atomic mass is 9.84. The SMILES string of the molecule is CCCCCOC1CCC(CCC(=O)OC[C@H](O)[C@H]2OC(=O)C(OCc3ccccc3)=C2OCc2ccccc2)CC1. The van der Waals surface area contributed by atoms with E-state index in [0.717, 1.165) is 56.3 Å². The zero-order valence-electron chi connectivity index (χ0n) is 24.6. The normalized spacial score (nSPS) is 21.1. The van der Waals surface area contributed by atoms with Crippen molar-refractivity contribution in [2.24, 2.45) is 5.92 Å². The first-order valence-corrected chi connectivity index (χ1v) is 15.3. The standard InChI is InChI=1S/C34H44O8/c1-2-3-10-21-38-28-18-15-25(16-19-28)17-20-30(36)39-24-29(35)31-32(40-22-26-11-6-4-7-12-26)33(34(37)42-31)41-23-27-13-8-5-9-14-27/h4-9,11-14,25,28-29,31,35H,2-3,10,15-24H2,1H3/t25?,28?,29-,31+/m0/s1. The number of benzene rings is 2. The lowest BCUT2D eigenvalue weighted by molar-refractivity contribution is -0.155. The Bertz CT molecular complexity index is 1120. The summed E-state index contributed by atoms with van der Waals surface area (Å²) >= 11 is 0. The van der Waals surface area contributed by atoms with Gasteiger partial charge in [0, 0.05) is 13.0 Å². The molecule has 0 aromatic heterocycles. The fourth-order valence-corrected chi connectivity index (χ4v) is 5.30. The molecule has 2 atom stereocenters. The van der Waals surface area contributed by atoms with E-state index in [1.165, 1.54) is 12.8 Å². The van der Waals surface area contributed by atoms with E-state index in [2.05, 4.69) is 6.92 Å². The van der Waals surface area contributed by atoms with E-state index in [1.54, 1.807) is 0 Å². The molecule has 0 bridgehead atoms. The quantitative estimate of drug-likeness (QED) is 0.179. The molecule has 1 fully saturated rings. The zero-order valence-corrected chi connectivity index (χ0v) is 24.6. The van der Waals surface area contributed by atoms with Crippen LogP contribution in [0.4, 0.5) is 0 Å². The molecule has 0 saturated heterocycles. The second-order valence-electron chi connectivity index (χ2n) is 11.1. The van der Waals surface area contributed by atoms with Crippen molar-refractivity contribution in [3.8, 4) is 0 Å². The first-order chi connectivity index (χ1) is 20.5. The van der Waals surface area contributed by atoms with Gasteiger partial charge in [0.1, 0.15) is 25.9 Å². The van der Waals surface area contributed by atoms with E-state index in [-0.39, 0.29) is 43.7 Å². The molecule has 2 aliphatic rings. The van der Waals surface area contributed by atoms with Crippen molar-refractivity contribution >= 4 is 11.9 Å². The molecule has 0 unspecified atom stereocenters. The molecule has 8 heteroatoms. The number of esters is 2. The second kappa shape index (κ2) is 16.9. The molecule has 0 amide bonds. The molecular formula is C34H44O8. The second-order valence-corrected chi connectivity index (χ2v) is 11.1. The molecule has 0 spiro atoms. The molecule has 1 aliphatic heterocycles. The topological polar surface area (TPSA) is 101 Å². The summed E-state index contributed by atoms with van der Waals surface area (Å²) in [5.41, 5.74) is 1.75. The Morgan fingerprint density at radius 2 is 1.57 bits per heavy atom. The van der Waals surface area contributed by atoms with Crippen molar-refractivity contribution in [2.45, 2.75) is 96.2 Å². The Morgan fingerprint density at radius 3 is 2.21 bits per heavy atom. The number of unbranched alkanes of at least 4 members (excludes halogenated alkanes) is 2. The number of hydrogen-bond donors (Lipinski definition) is 1. The van der Waals surface area contributed by atoms with Gasteiger partial charge < -0.3 is 28.8 Å². The molecule has 1 aliphatic carbocycles. The van der Waals surface area contributed by atoms with Crippen LogP contribution in [0.5, 0.6) is 0 Å². The highest BCUT2D eigenvalue weighted by Crippen LogP contribution is 2.31. The fourth-order valence-electron chi connectivity index (χ4n) is 5.30. The number of hydrogen-bond acceptors (Lipinski definition) is 8. The highest BCUT2D eigenvalue weighted by molar-refractivity contribution is 5.89. The number of cyclic esters (lactones) is 1. The van der Waals surface area contributed by atoms with Gasteiger partial charge in [-0.05, 0) is 55.6 Å². The largest absolute Gasteiger partial charge is 0.485 e. The molecule has 228 valence electrons. The molecule has 1 saturated carbocycles. The van der Waals surface area contributed by atoms with Crippen molar-refractivity contribution in [3.05, 3.63) is 83.3 Å². The molecule has 42 heavy (non-hydrogen) atoms. The monoisotopic (exact) mass is 580 g/mol. The highest BCUT2D eigenvalue weighted by atomic mass is 16.6. The average Bonchev–Trinajstić information content (AvgIpc) is 3.35. The van der Waals surface area contributed by atoms with E-state index in [0.29, 0.717) is 12.0 Å². The summed E-state index contributed by atoms with van der Waals surface area (Å²) in [6, 6.07) is 18.9. The van der Waals surface area contributed by atoms with E-state index in [1.807, 2.05) is 60.7 Å². The molecule has 1 heterocycles. The van der Waals surface area contributed by atoms with Gasteiger partial charge in [0.15, 0.2) is 11.9 Å². The third-order valence-corrected chi connectivity index (χ3v) is 7.78. The first kappa shape index (κ1) is 31.6. The van der Waals surface area contributed by atoms with Gasteiger partial charge in [-0.3, -0.25) is 4.79 Å². The maximum atomic E-state index is 12.7. The van der Waals surface area contributed by atoms with Gasteiger partial charge in [-0.2, -0.15) is 0 Å². The summed E-state index contributed by atoms with van der Waals surface area (Å²) in [4.78, 5) is 25.3. The average molecular weight is 581 g/mol. The van der Waals surface area contributed by atoms with Gasteiger partial charge in [0.2, 0.25) is 5.76 Å². The lowest BCUT2D eigenvalue weighted by Gasteiger charge is -2.28. The van der Waals surface area contributed by atoms with Crippen molar-refractivity contribution in [1.29, 1.82) is 0 Å². The maximum Gasteiger partial charge on any atom is 0.378 e. The number of carbonyl (C=O) groups excluding carboxylic acids is 2. The molecule has 2 aromatic rings. The van der Waals surface area contributed by atoms with Crippen LogP contribution in [0.2, 0.25) is 0 Å². The number of ether oxygens (including phenoxy) is 5. The summed E-state index contributed by atoms with van der Waals surface area (Å²) in [6.07, 6.45) is 6.59. The van der Waals surface area contributed by atoms with E-state index in [4.69, 9.17) is 23.7 Å². The lowest BCUT2D eigenvalue weighted by Crippen LogP contribution is -2.34. The Kier molecular flexibility index (Phi) is 12.7. The Balaban J connectivity index is 1.26. The van der Waals surface area contributed by atoms with Crippen molar-refractivity contribution < 1.29 is 38.4 Å². The maximum absolute atomic E-state index is 12.7. The Hall–Kier alpha value is -3.36. The number of aliphatic hydroxyl groups excluding tert-OH is 1. The van der Waals surface area contributed by atoms with Gasteiger partial charge in [0.05, 0.1) is 6.10 Å². The predicted molar refractivity (Wildman–Crippen MR) is 157 cm³/mol. The first-order valence-electron chi connectivity index (χ1n) is 15.3. The number of carbonyl (C=O) groups is 2. The van der Waals surface area contributed by atoms with Crippen LogP contribution in [0.1, 0.15) is 75.8 Å². The summed E-state index contributed by atoms with van der Waals surface area (Å²) in [5, 5.41) is 10.9. The van der Waals surface area contributed by atoms with Gasteiger partial charge in [0.25, 0.3) is 0 Å². The summed E-state index contributed by atoms with van der Waals surface area (Å²) < 4.78 is 28.6. The predicted octanol–water partition coefficient (Wildman–Crippen LogP) is 6.01. The molecule has 0 radical (unpaired) electrons. The van der Waals surface area contributed by atoms with E-state index < -0.39 is 18.2 Å². The van der Waals surface area contributed by atoms with Crippen LogP contribution >= 0.6 is 0 Å². The molecular weight excluding hydrogens is 536 g/mol. The Morgan fingerprint density at radius 1 is 0.929 bits per heavy atom. The van der Waals surface area contributed by atoms with Crippen LogP contribution in [0, 0.1) is 5.92 Å². The third-order valence-electron chi connectivity index (χ3n) is 7.78. The van der Waals surface area contributed by atoms with Crippen LogP contribution in [0.15, 0.2) is 72.2 Å². The molecule has 4 rings (SSSR count). The van der Waals surface area contributed by atoms with Crippen LogP contribution < -0.4 is 0 Å². The Labute approximate surface area is 249 Å². The molecule has 1 N–H and O–H groups in total. The van der Waals surface area contributed by atoms with Crippen LogP contribution in [0.3, 0.4) is 0 Å². The zero-order chi connectivity index (χ0) is 29.6. The summed E-state index contributed by atoms with van der Waals surface area (Å²) in [6.45, 7) is 2.99. The van der Waals surface area contributed by atoms with Crippen molar-refractivity contribution in [2.75, 3.05) is 13.2 Å². The van der Waals surface area contributed by atoms with Crippen LogP contribution in [-0.4, -0.2) is 48.6 Å². The minimum atomic E-state index is -1.30. The van der Waals surface area contributed by atoms with Crippen LogP contribution in [-0.2, 0) is 46.5 Å². The number of aliphatic hydroxyl groups is 1. The van der Waals surface area contributed by atoms with Crippen molar-refractivity contribution in [1.82, 2.24) is 0 Å². The smallest absolute Gasteiger partial charge is 0.378 e. The summed E-state index contributed by atoms with van der Waals surface area (Å²) in [5.74, 6) is -0.631. The van der Waals surface area contributed by atoms with Gasteiger partial charge in [-0.25, -0.2) is 4.79 Å². The van der Waals surface area contributed by atoms with Gasteiger partial charge in [-0.15, -0.1) is 0 Å². The van der Waals surface area contributed by atoms with E-state index in [9.17, 15) is 14.7 Å². The number of rotatable bonds is 17. The minimum absolute atomic E-state index is 0.0879. The minimum Gasteiger partial charge on any atom is -0.485 e. The van der Waals surface area contributed by atoms with Gasteiger partial charge in [-0.1, -0.05) is 80.4 Å². The molecule has 8 nitrogen and oxygen atoms in total.